The summed E-state index contributed by atoms with van der Waals surface area (Å²) >= 11 is 0. The van der Waals surface area contributed by atoms with Gasteiger partial charge in [0.1, 0.15) is 0 Å². The molecule has 0 nitrogen and oxygen atoms in total. The first kappa shape index (κ1) is 18.1. The minimum atomic E-state index is -1.25. The third-order valence-corrected chi connectivity index (χ3v) is 28.2. The van der Waals surface area contributed by atoms with E-state index in [1.807, 2.05) is 0 Å². The van der Waals surface area contributed by atoms with Gasteiger partial charge in [0.2, 0.25) is 0 Å². The minimum absolute atomic E-state index is 0. The minimum Gasteiger partial charge on any atom is -0.261 e. The smallest absolute Gasteiger partial charge is 0.261 e. The van der Waals surface area contributed by atoms with Crippen molar-refractivity contribution in [2.75, 3.05) is 0 Å². The fourth-order valence-corrected chi connectivity index (χ4v) is 33.9. The van der Waals surface area contributed by atoms with Crippen LogP contribution in [-0.4, -0.2) is 23.7 Å². The maximum absolute atomic E-state index is 2.55. The molecule has 2 aromatic rings. The monoisotopic (exact) mass is 322 g/mol. The molecule has 0 amide bonds. The molecule has 0 aliphatic heterocycles. The average molecular weight is 323 g/mol. The first-order valence-electron chi connectivity index (χ1n) is 6.90. The Bertz CT molecular complexity index is 474. The van der Waals surface area contributed by atoms with Gasteiger partial charge in [-0.15, -0.1) is 0 Å². The van der Waals surface area contributed by atoms with Gasteiger partial charge in [0, 0.05) is 0 Å². The zero-order chi connectivity index (χ0) is 13.9. The molecule has 0 bridgehead atoms. The van der Waals surface area contributed by atoms with Gasteiger partial charge in [-0.2, -0.15) is 0 Å². The molecule has 4 heteroatoms. The molecule has 0 saturated carbocycles. The Labute approximate surface area is 149 Å². The molecule has 0 fully saturated rings. The Balaban J connectivity index is 0.00000200. The van der Waals surface area contributed by atoms with E-state index in [1.165, 1.54) is 0 Å². The van der Waals surface area contributed by atoms with Crippen LogP contribution in [0.4, 0.5) is 0 Å². The van der Waals surface area contributed by atoms with Crippen molar-refractivity contribution in [1.82, 2.24) is 0 Å². The van der Waals surface area contributed by atoms with E-state index in [2.05, 4.69) is 86.9 Å². The van der Waals surface area contributed by atoms with Gasteiger partial charge in [-0.3, -0.25) is 8.55 Å². The van der Waals surface area contributed by atoms with Crippen LogP contribution < -0.4 is 39.9 Å². The molecule has 2 rings (SSSR count). The molecule has 0 radical (unpaired) electrons. The third-order valence-electron chi connectivity index (χ3n) is 3.76. The number of benzene rings is 2. The van der Waals surface area contributed by atoms with Gasteiger partial charge < -0.3 is 0 Å². The largest absolute Gasteiger partial charge is 1.00 e. The maximum Gasteiger partial charge on any atom is 1.00 e. The summed E-state index contributed by atoms with van der Waals surface area (Å²) in [6, 6.07) is 22.4. The molecule has 0 aliphatic carbocycles. The van der Waals surface area contributed by atoms with Gasteiger partial charge in [0.25, 0.3) is 0 Å². The molecule has 100 valence electrons. The Hall–Kier alpha value is 0.0906. The van der Waals surface area contributed by atoms with Crippen molar-refractivity contribution in [3.05, 3.63) is 60.7 Å². The molecule has 0 spiro atoms. The third kappa shape index (κ3) is 4.55. The van der Waals surface area contributed by atoms with Gasteiger partial charge in [0.15, 0.2) is 0 Å². The van der Waals surface area contributed by atoms with Gasteiger partial charge >= 0.3 is 29.6 Å². The number of rotatable bonds is 4. The summed E-state index contributed by atoms with van der Waals surface area (Å²) in [5.74, 6) is 0. The predicted molar refractivity (Wildman–Crippen MR) is 94.3 cm³/mol. The van der Waals surface area contributed by atoms with Crippen LogP contribution in [0, 0.1) is 0 Å². The van der Waals surface area contributed by atoms with E-state index in [-0.39, 0.29) is 29.6 Å². The molecule has 0 unspecified atom stereocenters. The van der Waals surface area contributed by atoms with Crippen molar-refractivity contribution in [3.63, 3.8) is 0 Å². The molecule has 0 aromatic heterocycles. The maximum atomic E-state index is 2.55. The first-order valence-corrected chi connectivity index (χ1v) is 16.5. The van der Waals surface area contributed by atoms with Crippen LogP contribution in [-0.2, 0) is 0 Å². The summed E-state index contributed by atoms with van der Waals surface area (Å²) in [5, 5.41) is 3.25. The number of hydrogen-bond acceptors (Lipinski definition) is 0. The number of hydrogen-bond donors (Lipinski definition) is 0. The van der Waals surface area contributed by atoms with Crippen LogP contribution >= 0.6 is 0 Å². The summed E-state index contributed by atoms with van der Waals surface area (Å²) in [6.45, 7) is 10.2. The quantitative estimate of drug-likeness (QED) is 0.675. The SMILES string of the molecule is C[Si](C)([SiH-][Si](C)(C)c1ccccc1)c1ccccc1.[Na+]. The van der Waals surface area contributed by atoms with Crippen molar-refractivity contribution in [2.45, 2.75) is 26.2 Å². The van der Waals surface area contributed by atoms with E-state index < -0.39 is 15.2 Å². The van der Waals surface area contributed by atoms with E-state index in [0.29, 0.717) is 8.55 Å². The van der Waals surface area contributed by atoms with Crippen LogP contribution in [0.25, 0.3) is 0 Å². The fraction of sp³-hybridized carbons (Fsp3) is 0.250. The van der Waals surface area contributed by atoms with E-state index >= 15 is 0 Å². The fourth-order valence-electron chi connectivity index (χ4n) is 2.80. The Morgan fingerprint density at radius 3 is 1.20 bits per heavy atom. The predicted octanol–water partition coefficient (Wildman–Crippen LogP) is -0.348. The molecular formula is C16H23NaSi3. The van der Waals surface area contributed by atoms with Gasteiger partial charge in [-0.05, 0) is 0 Å². The summed E-state index contributed by atoms with van der Waals surface area (Å²) in [4.78, 5) is 0. The first-order chi connectivity index (χ1) is 8.92. The second-order valence-electron chi connectivity index (χ2n) is 6.32. The van der Waals surface area contributed by atoms with Crippen molar-refractivity contribution in [1.29, 1.82) is 0 Å². The van der Waals surface area contributed by atoms with Crippen LogP contribution in [0.2, 0.25) is 26.2 Å². The Kier molecular flexibility index (Phi) is 6.70. The molecule has 0 atom stereocenters. The van der Waals surface area contributed by atoms with Crippen molar-refractivity contribution < 1.29 is 29.6 Å². The van der Waals surface area contributed by atoms with E-state index in [4.69, 9.17) is 0 Å². The molecular weight excluding hydrogens is 299 g/mol. The van der Waals surface area contributed by atoms with Gasteiger partial charge in [-0.1, -0.05) is 112 Å². The normalized spacial score (nSPS) is 11.8. The molecule has 0 aliphatic rings. The van der Waals surface area contributed by atoms with E-state index in [9.17, 15) is 0 Å². The zero-order valence-corrected chi connectivity index (χ0v) is 18.5. The van der Waals surface area contributed by atoms with E-state index in [1.54, 1.807) is 10.4 Å². The standard InChI is InChI=1S/C16H23Si3.Na/c1-18(2,15-11-7-5-8-12-15)17-19(3,4)16-13-9-6-10-14-16;/h5-14,17H,1-4H3;/q-1;+1. The topological polar surface area (TPSA) is 0 Å². The van der Waals surface area contributed by atoms with Crippen LogP contribution in [0.1, 0.15) is 0 Å². The van der Waals surface area contributed by atoms with E-state index in [0.717, 1.165) is 0 Å². The van der Waals surface area contributed by atoms with Crippen LogP contribution in [0.15, 0.2) is 60.7 Å². The average Bonchev–Trinajstić information content (AvgIpc) is 2.40. The van der Waals surface area contributed by atoms with Gasteiger partial charge in [0.05, 0.1) is 0 Å². The molecule has 0 N–H and O–H groups in total. The Morgan fingerprint density at radius 2 is 0.900 bits per heavy atom. The van der Waals surface area contributed by atoms with Crippen molar-refractivity contribution in [2.24, 2.45) is 0 Å². The van der Waals surface area contributed by atoms with Crippen LogP contribution in [0.3, 0.4) is 0 Å². The molecule has 2 aromatic carbocycles. The Morgan fingerprint density at radius 1 is 0.600 bits per heavy atom. The second-order valence-corrected chi connectivity index (χ2v) is 26.8. The van der Waals surface area contributed by atoms with Gasteiger partial charge in [-0.25, -0.2) is 0 Å². The molecule has 20 heavy (non-hydrogen) atoms. The summed E-state index contributed by atoms with van der Waals surface area (Å²) in [5.41, 5.74) is 0. The second kappa shape index (κ2) is 7.38. The molecule has 0 saturated heterocycles. The van der Waals surface area contributed by atoms with Crippen LogP contribution in [0.5, 0.6) is 0 Å². The molecule has 0 heterocycles. The summed E-state index contributed by atoms with van der Waals surface area (Å²) in [6.07, 6.45) is 0. The van der Waals surface area contributed by atoms with Crippen molar-refractivity contribution in [3.8, 4) is 0 Å². The summed E-state index contributed by atoms with van der Waals surface area (Å²) < 4.78 is 0. The zero-order valence-electron chi connectivity index (χ0n) is 13.4. The van der Waals surface area contributed by atoms with Crippen molar-refractivity contribution >= 4 is 34.1 Å². The summed E-state index contributed by atoms with van der Waals surface area (Å²) in [7, 11) is -1.97.